The van der Waals surface area contributed by atoms with E-state index in [4.69, 9.17) is 18.9 Å². The maximum absolute atomic E-state index is 11.6. The van der Waals surface area contributed by atoms with Gasteiger partial charge in [0.2, 0.25) is 0 Å². The lowest BCUT2D eigenvalue weighted by molar-refractivity contribution is -0.247. The summed E-state index contributed by atoms with van der Waals surface area (Å²) in [6.07, 6.45) is 24.8. The maximum Gasteiger partial charge on any atom is 0.305 e. The second-order valence-electron chi connectivity index (χ2n) is 16.9. The SMILES string of the molecule is CCOC(=O)CCC1CCC(C2CCC(C3OCC(C)(C)CO3)CC2)CC1.CCOC(=O)CCC1CCC(C2CCC(C=O)CC2)CC1. The molecule has 5 rings (SSSR count). The summed E-state index contributed by atoms with van der Waals surface area (Å²) in [6.45, 7) is 10.8. The summed E-state index contributed by atoms with van der Waals surface area (Å²) < 4.78 is 22.1. The maximum atomic E-state index is 11.6. The molecule has 5 fully saturated rings. The molecule has 5 aliphatic rings. The predicted octanol–water partition coefficient (Wildman–Crippen LogP) is 9.48. The third-order valence-corrected chi connectivity index (χ3v) is 12.7. The van der Waals surface area contributed by atoms with Crippen LogP contribution in [0.1, 0.15) is 156 Å². The van der Waals surface area contributed by atoms with Crippen LogP contribution in [-0.4, -0.2) is 50.9 Å². The Bertz CT molecular complexity index is 922. The van der Waals surface area contributed by atoms with Crippen LogP contribution in [0.2, 0.25) is 0 Å². The third-order valence-electron chi connectivity index (χ3n) is 12.7. The molecule has 7 heteroatoms. The Labute approximate surface area is 292 Å². The van der Waals surface area contributed by atoms with Gasteiger partial charge in [-0.25, -0.2) is 0 Å². The quantitative estimate of drug-likeness (QED) is 0.151. The molecule has 0 amide bonds. The second kappa shape index (κ2) is 20.4. The Hall–Kier alpha value is -1.47. The summed E-state index contributed by atoms with van der Waals surface area (Å²) in [5.41, 5.74) is 0.166. The lowest BCUT2D eigenvalue weighted by atomic mass is 9.68. The normalized spacial score (nSPS) is 34.2. The Morgan fingerprint density at radius 3 is 1.31 bits per heavy atom. The summed E-state index contributed by atoms with van der Waals surface area (Å²) in [6, 6.07) is 0. The van der Waals surface area contributed by atoms with E-state index in [1.165, 1.54) is 89.9 Å². The topological polar surface area (TPSA) is 88.1 Å². The average molecular weight is 675 g/mol. The molecule has 0 aromatic carbocycles. The molecular formula is C41H70O7. The van der Waals surface area contributed by atoms with Gasteiger partial charge in [0.15, 0.2) is 6.29 Å². The smallest absolute Gasteiger partial charge is 0.305 e. The fourth-order valence-electron chi connectivity index (χ4n) is 9.63. The molecule has 0 bridgehead atoms. The van der Waals surface area contributed by atoms with Crippen molar-refractivity contribution in [1.29, 1.82) is 0 Å². The number of rotatable bonds is 12. The number of esters is 2. The first-order valence-corrected chi connectivity index (χ1v) is 20.2. The van der Waals surface area contributed by atoms with Gasteiger partial charge in [0.25, 0.3) is 0 Å². The fourth-order valence-corrected chi connectivity index (χ4v) is 9.63. The number of ether oxygens (including phenoxy) is 4. The van der Waals surface area contributed by atoms with Gasteiger partial charge in [-0.05, 0) is 139 Å². The van der Waals surface area contributed by atoms with Crippen molar-refractivity contribution in [3.63, 3.8) is 0 Å². The van der Waals surface area contributed by atoms with Crippen LogP contribution < -0.4 is 0 Å². The largest absolute Gasteiger partial charge is 0.466 e. The van der Waals surface area contributed by atoms with Crippen LogP contribution in [0.5, 0.6) is 0 Å². The van der Waals surface area contributed by atoms with Crippen molar-refractivity contribution >= 4 is 18.2 Å². The summed E-state index contributed by atoms with van der Waals surface area (Å²) in [7, 11) is 0. The minimum atomic E-state index is -0.0354. The van der Waals surface area contributed by atoms with Crippen LogP contribution in [0, 0.1) is 52.8 Å². The van der Waals surface area contributed by atoms with Crippen molar-refractivity contribution in [1.82, 2.24) is 0 Å². The van der Waals surface area contributed by atoms with E-state index in [9.17, 15) is 14.4 Å². The molecule has 0 radical (unpaired) electrons. The molecule has 0 N–H and O–H groups in total. The minimum absolute atomic E-state index is 0.0199. The fraction of sp³-hybridized carbons (Fsp3) is 0.927. The van der Waals surface area contributed by atoms with Crippen molar-refractivity contribution in [3.8, 4) is 0 Å². The molecule has 0 spiro atoms. The van der Waals surface area contributed by atoms with E-state index in [0.717, 1.165) is 80.7 Å². The molecule has 0 aromatic rings. The van der Waals surface area contributed by atoms with Crippen LogP contribution in [0.25, 0.3) is 0 Å². The van der Waals surface area contributed by atoms with Crippen molar-refractivity contribution in [2.45, 2.75) is 162 Å². The van der Waals surface area contributed by atoms with Gasteiger partial charge in [0.05, 0.1) is 26.4 Å². The van der Waals surface area contributed by atoms with Gasteiger partial charge in [0.1, 0.15) is 6.29 Å². The van der Waals surface area contributed by atoms with Gasteiger partial charge in [-0.3, -0.25) is 9.59 Å². The minimum Gasteiger partial charge on any atom is -0.466 e. The molecular weight excluding hydrogens is 604 g/mol. The summed E-state index contributed by atoms with van der Waals surface area (Å²) in [4.78, 5) is 33.8. The van der Waals surface area contributed by atoms with E-state index < -0.39 is 0 Å². The zero-order valence-electron chi connectivity index (χ0n) is 31.1. The molecule has 0 atom stereocenters. The average Bonchev–Trinajstić information content (AvgIpc) is 3.11. The highest BCUT2D eigenvalue weighted by molar-refractivity contribution is 5.69. The second-order valence-corrected chi connectivity index (χ2v) is 16.9. The van der Waals surface area contributed by atoms with E-state index in [1.54, 1.807) is 0 Å². The molecule has 1 heterocycles. The molecule has 1 saturated heterocycles. The van der Waals surface area contributed by atoms with Gasteiger partial charge in [0, 0.05) is 30.1 Å². The Kier molecular flexibility index (Phi) is 16.7. The highest BCUT2D eigenvalue weighted by atomic mass is 16.7. The Morgan fingerprint density at radius 1 is 0.583 bits per heavy atom. The van der Waals surface area contributed by atoms with Crippen LogP contribution in [0.15, 0.2) is 0 Å². The van der Waals surface area contributed by atoms with Gasteiger partial charge < -0.3 is 23.7 Å². The zero-order valence-corrected chi connectivity index (χ0v) is 31.1. The standard InChI is InChI=1S/C23H40O4.C18H30O3/c1-4-25-21(24)14-7-17-5-8-18(9-6-17)19-10-12-20(13-11-19)22-26-15-23(2,3)16-27-22;1-2-21-18(20)12-7-14-3-8-16(9-4-14)17-10-5-15(13-19)6-11-17/h17-20,22H,4-16H2,1-3H3;13-17H,2-12H2,1H3. The highest BCUT2D eigenvalue weighted by Gasteiger charge is 2.37. The molecule has 48 heavy (non-hydrogen) atoms. The van der Waals surface area contributed by atoms with Crippen molar-refractivity contribution in [2.24, 2.45) is 52.8 Å². The number of hydrogen-bond donors (Lipinski definition) is 0. The molecule has 4 saturated carbocycles. The Morgan fingerprint density at radius 2 is 0.938 bits per heavy atom. The van der Waals surface area contributed by atoms with E-state index in [0.29, 0.717) is 37.9 Å². The van der Waals surface area contributed by atoms with E-state index in [1.807, 2.05) is 13.8 Å². The molecule has 0 aromatic heterocycles. The van der Waals surface area contributed by atoms with E-state index in [2.05, 4.69) is 13.8 Å². The molecule has 0 unspecified atom stereocenters. The number of aldehydes is 1. The number of carbonyl (C=O) groups excluding carboxylic acids is 3. The lowest BCUT2D eigenvalue weighted by Crippen LogP contribution is -2.42. The predicted molar refractivity (Wildman–Crippen MR) is 189 cm³/mol. The first-order chi connectivity index (χ1) is 23.2. The van der Waals surface area contributed by atoms with Crippen LogP contribution >= 0.6 is 0 Å². The summed E-state index contributed by atoms with van der Waals surface area (Å²) >= 11 is 0. The first kappa shape index (κ1) is 39.3. The monoisotopic (exact) mass is 675 g/mol. The molecule has 1 aliphatic heterocycles. The van der Waals surface area contributed by atoms with Crippen LogP contribution in [-0.2, 0) is 33.3 Å². The molecule has 7 nitrogen and oxygen atoms in total. The van der Waals surface area contributed by atoms with E-state index in [-0.39, 0.29) is 23.6 Å². The van der Waals surface area contributed by atoms with Gasteiger partial charge in [-0.15, -0.1) is 0 Å². The highest BCUT2D eigenvalue weighted by Crippen LogP contribution is 2.44. The van der Waals surface area contributed by atoms with Gasteiger partial charge in [-0.2, -0.15) is 0 Å². The first-order valence-electron chi connectivity index (χ1n) is 20.2. The van der Waals surface area contributed by atoms with Gasteiger partial charge in [-0.1, -0.05) is 39.5 Å². The zero-order chi connectivity index (χ0) is 34.4. The molecule has 4 aliphatic carbocycles. The van der Waals surface area contributed by atoms with Crippen LogP contribution in [0.4, 0.5) is 0 Å². The number of hydrogen-bond acceptors (Lipinski definition) is 7. The lowest BCUT2D eigenvalue weighted by Gasteiger charge is -2.42. The van der Waals surface area contributed by atoms with Crippen molar-refractivity contribution < 1.29 is 33.3 Å². The summed E-state index contributed by atoms with van der Waals surface area (Å²) in [5.74, 6) is 5.85. The van der Waals surface area contributed by atoms with E-state index >= 15 is 0 Å². The third kappa shape index (κ3) is 13.0. The van der Waals surface area contributed by atoms with Crippen molar-refractivity contribution in [2.75, 3.05) is 26.4 Å². The van der Waals surface area contributed by atoms with Gasteiger partial charge >= 0.3 is 11.9 Å². The molecule has 276 valence electrons. The van der Waals surface area contributed by atoms with Crippen molar-refractivity contribution in [3.05, 3.63) is 0 Å². The number of carbonyl (C=O) groups is 3. The summed E-state index contributed by atoms with van der Waals surface area (Å²) in [5, 5.41) is 0. The Balaban J connectivity index is 0.000000224. The van der Waals surface area contributed by atoms with Crippen LogP contribution in [0.3, 0.4) is 0 Å².